The molecule has 1 fully saturated rings. The first-order chi connectivity index (χ1) is 9.49. The van der Waals surface area contributed by atoms with Crippen molar-refractivity contribution in [3.63, 3.8) is 0 Å². The van der Waals surface area contributed by atoms with E-state index in [9.17, 15) is 18.4 Å². The first-order valence-electron chi connectivity index (χ1n) is 6.23. The van der Waals surface area contributed by atoms with Crippen molar-refractivity contribution in [3.05, 3.63) is 29.3 Å². The van der Waals surface area contributed by atoms with Crippen molar-refractivity contribution in [1.29, 1.82) is 0 Å². The third-order valence-electron chi connectivity index (χ3n) is 2.92. The molecule has 2 rings (SSSR count). The number of amides is 1. The minimum absolute atomic E-state index is 0.137. The van der Waals surface area contributed by atoms with Crippen LogP contribution in [0.5, 0.6) is 0 Å². The number of nitrogens with one attached hydrogen (secondary N) is 2. The van der Waals surface area contributed by atoms with Crippen LogP contribution in [0.4, 0.5) is 14.5 Å². The van der Waals surface area contributed by atoms with Gasteiger partial charge in [-0.05, 0) is 25.0 Å². The Hall–Kier alpha value is -2.18. The minimum Gasteiger partial charge on any atom is -0.478 e. The van der Waals surface area contributed by atoms with Crippen molar-refractivity contribution in [2.75, 3.05) is 11.9 Å². The van der Waals surface area contributed by atoms with E-state index in [0.29, 0.717) is 0 Å². The van der Waals surface area contributed by atoms with Gasteiger partial charge < -0.3 is 15.7 Å². The number of rotatable bonds is 6. The molecule has 20 heavy (non-hydrogen) atoms. The van der Waals surface area contributed by atoms with Crippen LogP contribution in [0, 0.1) is 11.6 Å². The Labute approximate surface area is 114 Å². The Kier molecular flexibility index (Phi) is 4.16. The highest BCUT2D eigenvalue weighted by molar-refractivity contribution is 5.88. The maximum absolute atomic E-state index is 13.6. The van der Waals surface area contributed by atoms with E-state index >= 15 is 0 Å². The highest BCUT2D eigenvalue weighted by atomic mass is 19.2. The average Bonchev–Trinajstić information content (AvgIpc) is 3.18. The van der Waals surface area contributed by atoms with Crippen LogP contribution in [0.15, 0.2) is 12.1 Å². The van der Waals surface area contributed by atoms with Gasteiger partial charge in [-0.15, -0.1) is 0 Å². The summed E-state index contributed by atoms with van der Waals surface area (Å²) in [6.07, 6.45) is 2.10. The van der Waals surface area contributed by atoms with Gasteiger partial charge in [0.1, 0.15) is 0 Å². The number of carbonyl (C=O) groups excluding carboxylic acids is 1. The number of carbonyl (C=O) groups is 2. The van der Waals surface area contributed by atoms with Gasteiger partial charge in [-0.25, -0.2) is 13.6 Å². The summed E-state index contributed by atoms with van der Waals surface area (Å²) in [5, 5.41) is 14.0. The molecule has 0 aliphatic heterocycles. The van der Waals surface area contributed by atoms with Gasteiger partial charge in [-0.1, -0.05) is 0 Å². The maximum Gasteiger partial charge on any atom is 0.338 e. The standard InChI is InChI=1S/C13H14F2N2O3/c14-11-8(13(19)20)3-4-9(12(11)15)16-6-5-10(18)17-7-1-2-7/h3-4,7,16H,1-2,5-6H2,(H,17,18)(H,19,20). The second-order valence-electron chi connectivity index (χ2n) is 4.61. The first-order valence-corrected chi connectivity index (χ1v) is 6.23. The number of halogens is 2. The van der Waals surface area contributed by atoms with E-state index in [4.69, 9.17) is 5.11 Å². The van der Waals surface area contributed by atoms with E-state index in [2.05, 4.69) is 10.6 Å². The number of aromatic carboxylic acids is 1. The molecular formula is C13H14F2N2O3. The van der Waals surface area contributed by atoms with Gasteiger partial charge in [0, 0.05) is 19.0 Å². The largest absolute Gasteiger partial charge is 0.478 e. The molecule has 1 saturated carbocycles. The monoisotopic (exact) mass is 284 g/mol. The zero-order chi connectivity index (χ0) is 14.7. The van der Waals surface area contributed by atoms with Gasteiger partial charge in [-0.2, -0.15) is 0 Å². The van der Waals surface area contributed by atoms with Crippen LogP contribution in [0.1, 0.15) is 29.6 Å². The fourth-order valence-electron chi connectivity index (χ4n) is 1.69. The topological polar surface area (TPSA) is 78.4 Å². The molecule has 1 aromatic rings. The molecule has 5 nitrogen and oxygen atoms in total. The summed E-state index contributed by atoms with van der Waals surface area (Å²) in [7, 11) is 0. The van der Waals surface area contributed by atoms with Gasteiger partial charge in [0.05, 0.1) is 11.3 Å². The Bertz CT molecular complexity index is 545. The van der Waals surface area contributed by atoms with Gasteiger partial charge in [0.15, 0.2) is 11.6 Å². The van der Waals surface area contributed by atoms with Crippen LogP contribution in [-0.2, 0) is 4.79 Å². The molecule has 3 N–H and O–H groups in total. The highest BCUT2D eigenvalue weighted by Gasteiger charge is 2.23. The smallest absolute Gasteiger partial charge is 0.338 e. The van der Waals surface area contributed by atoms with Crippen molar-refractivity contribution < 1.29 is 23.5 Å². The predicted octanol–water partition coefficient (Wildman–Crippen LogP) is 1.74. The van der Waals surface area contributed by atoms with E-state index < -0.39 is 23.2 Å². The second kappa shape index (κ2) is 5.85. The third kappa shape index (κ3) is 3.43. The lowest BCUT2D eigenvalue weighted by Gasteiger charge is -2.09. The maximum atomic E-state index is 13.6. The van der Waals surface area contributed by atoms with Crippen LogP contribution in [0.3, 0.4) is 0 Å². The molecular weight excluding hydrogens is 270 g/mol. The Balaban J connectivity index is 1.90. The summed E-state index contributed by atoms with van der Waals surface area (Å²) in [5.74, 6) is -4.35. The van der Waals surface area contributed by atoms with Crippen molar-refractivity contribution in [3.8, 4) is 0 Å². The van der Waals surface area contributed by atoms with Crippen molar-refractivity contribution >= 4 is 17.6 Å². The van der Waals surface area contributed by atoms with E-state index in [1.165, 1.54) is 0 Å². The molecule has 0 atom stereocenters. The van der Waals surface area contributed by atoms with Crippen LogP contribution in [-0.4, -0.2) is 29.6 Å². The number of benzene rings is 1. The van der Waals surface area contributed by atoms with Crippen LogP contribution < -0.4 is 10.6 Å². The number of anilines is 1. The molecule has 1 aliphatic carbocycles. The second-order valence-corrected chi connectivity index (χ2v) is 4.61. The van der Waals surface area contributed by atoms with E-state index in [1.54, 1.807) is 0 Å². The Morgan fingerprint density at radius 2 is 1.95 bits per heavy atom. The number of hydrogen-bond donors (Lipinski definition) is 3. The lowest BCUT2D eigenvalue weighted by molar-refractivity contribution is -0.120. The van der Waals surface area contributed by atoms with E-state index in [-0.39, 0.29) is 30.6 Å². The van der Waals surface area contributed by atoms with Gasteiger partial charge in [-0.3, -0.25) is 4.79 Å². The molecule has 7 heteroatoms. The number of hydrogen-bond acceptors (Lipinski definition) is 3. The first kappa shape index (κ1) is 14.2. The molecule has 1 aliphatic rings. The lowest BCUT2D eigenvalue weighted by atomic mass is 10.2. The summed E-state index contributed by atoms with van der Waals surface area (Å²) in [5.41, 5.74) is -0.883. The van der Waals surface area contributed by atoms with Crippen LogP contribution >= 0.6 is 0 Å². The Morgan fingerprint density at radius 3 is 2.55 bits per heavy atom. The highest BCUT2D eigenvalue weighted by Crippen LogP contribution is 2.21. The molecule has 1 amide bonds. The lowest BCUT2D eigenvalue weighted by Crippen LogP contribution is -2.27. The summed E-state index contributed by atoms with van der Waals surface area (Å²) in [6.45, 7) is 0.140. The molecule has 0 spiro atoms. The van der Waals surface area contributed by atoms with Gasteiger partial charge in [0.2, 0.25) is 5.91 Å². The fraction of sp³-hybridized carbons (Fsp3) is 0.385. The Morgan fingerprint density at radius 1 is 1.25 bits per heavy atom. The predicted molar refractivity (Wildman–Crippen MR) is 67.6 cm³/mol. The fourth-order valence-corrected chi connectivity index (χ4v) is 1.69. The third-order valence-corrected chi connectivity index (χ3v) is 2.92. The molecule has 108 valence electrons. The molecule has 0 radical (unpaired) electrons. The molecule has 0 heterocycles. The molecule has 0 bridgehead atoms. The van der Waals surface area contributed by atoms with Crippen molar-refractivity contribution in [2.24, 2.45) is 0 Å². The number of carboxylic acids is 1. The molecule has 0 saturated heterocycles. The molecule has 0 unspecified atom stereocenters. The molecule has 1 aromatic carbocycles. The SMILES string of the molecule is O=C(CCNc1ccc(C(=O)O)c(F)c1F)NC1CC1. The summed E-state index contributed by atoms with van der Waals surface area (Å²) < 4.78 is 27.0. The number of carboxylic acid groups (broad SMARTS) is 1. The molecule has 0 aromatic heterocycles. The van der Waals surface area contributed by atoms with E-state index in [1.807, 2.05) is 0 Å². The minimum atomic E-state index is -1.53. The summed E-state index contributed by atoms with van der Waals surface area (Å²) >= 11 is 0. The van der Waals surface area contributed by atoms with Gasteiger partial charge in [0.25, 0.3) is 0 Å². The quantitative estimate of drug-likeness (QED) is 0.743. The van der Waals surface area contributed by atoms with Crippen LogP contribution in [0.2, 0.25) is 0 Å². The summed E-state index contributed by atoms with van der Waals surface area (Å²) in [6, 6.07) is 2.38. The zero-order valence-corrected chi connectivity index (χ0v) is 10.6. The van der Waals surface area contributed by atoms with Gasteiger partial charge >= 0.3 is 5.97 Å². The van der Waals surface area contributed by atoms with Crippen molar-refractivity contribution in [1.82, 2.24) is 5.32 Å². The van der Waals surface area contributed by atoms with Crippen molar-refractivity contribution in [2.45, 2.75) is 25.3 Å². The normalized spacial score (nSPS) is 13.9. The van der Waals surface area contributed by atoms with Crippen LogP contribution in [0.25, 0.3) is 0 Å². The van der Waals surface area contributed by atoms with E-state index in [0.717, 1.165) is 25.0 Å². The average molecular weight is 284 g/mol. The summed E-state index contributed by atoms with van der Waals surface area (Å²) in [4.78, 5) is 22.0. The zero-order valence-electron chi connectivity index (χ0n) is 10.6.